The van der Waals surface area contributed by atoms with Crippen LogP contribution in [0.1, 0.15) is 19.6 Å². The van der Waals surface area contributed by atoms with Crippen LogP contribution in [0.4, 0.5) is 4.39 Å². The largest absolute Gasteiger partial charge is 0.387 e. The zero-order chi connectivity index (χ0) is 12.6. The van der Waals surface area contributed by atoms with Gasteiger partial charge in [0.25, 0.3) is 5.56 Å². The number of halogens is 1. The van der Waals surface area contributed by atoms with Crippen LogP contribution in [0.15, 0.2) is 21.9 Å². The quantitative estimate of drug-likeness (QED) is 0.737. The second-order valence-corrected chi connectivity index (χ2v) is 3.93. The Morgan fingerprint density at radius 3 is 2.82 bits per heavy atom. The summed E-state index contributed by atoms with van der Waals surface area (Å²) in [5.41, 5.74) is -1.32. The maximum absolute atomic E-state index is 13.8. The molecule has 1 aromatic rings. The van der Waals surface area contributed by atoms with E-state index in [1.807, 2.05) is 4.98 Å². The molecule has 1 unspecified atom stereocenters. The molecule has 4 atom stereocenters. The average Bonchev–Trinajstić information content (AvgIpc) is 2.57. The van der Waals surface area contributed by atoms with Crippen LogP contribution in [0.2, 0.25) is 0 Å². The van der Waals surface area contributed by atoms with Gasteiger partial charge in [0.1, 0.15) is 6.10 Å². The van der Waals surface area contributed by atoms with Crippen molar-refractivity contribution in [3.05, 3.63) is 33.1 Å². The first-order valence-electron chi connectivity index (χ1n) is 5.33. The number of aliphatic hydroxyl groups excluding tert-OH is 1. The monoisotopic (exact) mass is 244 g/mol. The first-order valence-corrected chi connectivity index (χ1v) is 5.33. The van der Waals surface area contributed by atoms with Gasteiger partial charge in [-0.3, -0.25) is 14.3 Å². The molecule has 1 fully saturated rings. The van der Waals surface area contributed by atoms with E-state index in [0.717, 1.165) is 16.8 Å². The number of aromatic amines is 1. The van der Waals surface area contributed by atoms with Gasteiger partial charge in [0, 0.05) is 12.3 Å². The second-order valence-electron chi connectivity index (χ2n) is 3.93. The Bertz CT molecular complexity index is 512. The summed E-state index contributed by atoms with van der Waals surface area (Å²) in [6, 6.07) is 1.10. The van der Waals surface area contributed by atoms with Crippen molar-refractivity contribution in [3.8, 4) is 0 Å². The summed E-state index contributed by atoms with van der Waals surface area (Å²) in [7, 11) is 0. The first kappa shape index (κ1) is 12.0. The average molecular weight is 244 g/mol. The first-order chi connectivity index (χ1) is 8.04. The van der Waals surface area contributed by atoms with Crippen molar-refractivity contribution >= 4 is 0 Å². The van der Waals surface area contributed by atoms with Crippen molar-refractivity contribution in [3.63, 3.8) is 0 Å². The summed E-state index contributed by atoms with van der Waals surface area (Å²) < 4.78 is 20.0. The predicted molar refractivity (Wildman–Crippen MR) is 56.4 cm³/mol. The van der Waals surface area contributed by atoms with Gasteiger partial charge in [-0.05, 0) is 6.42 Å². The smallest absolute Gasteiger partial charge is 0.330 e. The van der Waals surface area contributed by atoms with Crippen molar-refractivity contribution in [2.45, 2.75) is 38.0 Å². The molecule has 6 nitrogen and oxygen atoms in total. The van der Waals surface area contributed by atoms with E-state index in [-0.39, 0.29) is 0 Å². The lowest BCUT2D eigenvalue weighted by Crippen LogP contribution is -2.35. The van der Waals surface area contributed by atoms with E-state index in [9.17, 15) is 19.1 Å². The molecule has 1 aromatic heterocycles. The lowest BCUT2D eigenvalue weighted by Gasteiger charge is -2.15. The number of aliphatic hydroxyl groups is 1. The molecular formula is C10H13FN2O4. The zero-order valence-electron chi connectivity index (χ0n) is 9.17. The highest BCUT2D eigenvalue weighted by atomic mass is 19.1. The van der Waals surface area contributed by atoms with Crippen LogP contribution in [0, 0.1) is 0 Å². The molecule has 17 heavy (non-hydrogen) atoms. The highest BCUT2D eigenvalue weighted by molar-refractivity contribution is 4.92. The van der Waals surface area contributed by atoms with Gasteiger partial charge in [-0.25, -0.2) is 9.18 Å². The molecular weight excluding hydrogens is 231 g/mol. The molecule has 0 bridgehead atoms. The standard InChI is InChI=1S/C10H13FN2O4/c1-2-5-8(15)7(11)9(17-5)13-4-3-6(14)12-10(13)16/h3-5,7-9,15H,2H2,1H3,(H,12,14,16)/t5-,7+,8?,9-/m1/s1. The van der Waals surface area contributed by atoms with Gasteiger partial charge in [0.05, 0.1) is 6.10 Å². The summed E-state index contributed by atoms with van der Waals surface area (Å²) in [6.07, 6.45) is -3.19. The predicted octanol–water partition coefficient (Wildman–Crippen LogP) is -0.457. The minimum absolute atomic E-state index is 0.441. The lowest BCUT2D eigenvalue weighted by atomic mass is 10.1. The molecule has 7 heteroatoms. The number of hydrogen-bond donors (Lipinski definition) is 2. The fraction of sp³-hybridized carbons (Fsp3) is 0.600. The Labute approximate surface area is 95.7 Å². The highest BCUT2D eigenvalue weighted by Crippen LogP contribution is 2.31. The Morgan fingerprint density at radius 1 is 1.59 bits per heavy atom. The summed E-state index contributed by atoms with van der Waals surface area (Å²) >= 11 is 0. The Balaban J connectivity index is 2.35. The Kier molecular flexibility index (Phi) is 3.12. The summed E-state index contributed by atoms with van der Waals surface area (Å²) in [6.45, 7) is 1.75. The fourth-order valence-electron chi connectivity index (χ4n) is 1.89. The molecule has 1 aliphatic heterocycles. The van der Waals surface area contributed by atoms with Crippen molar-refractivity contribution in [2.75, 3.05) is 0 Å². The minimum atomic E-state index is -1.69. The van der Waals surface area contributed by atoms with Gasteiger partial charge >= 0.3 is 5.69 Å². The number of nitrogens with one attached hydrogen (secondary N) is 1. The third-order valence-electron chi connectivity index (χ3n) is 2.82. The van der Waals surface area contributed by atoms with E-state index in [4.69, 9.17) is 4.74 Å². The van der Waals surface area contributed by atoms with E-state index in [1.165, 1.54) is 0 Å². The number of rotatable bonds is 2. The third-order valence-corrected chi connectivity index (χ3v) is 2.82. The molecule has 1 saturated heterocycles. The maximum Gasteiger partial charge on any atom is 0.330 e. The molecule has 0 aliphatic carbocycles. The van der Waals surface area contributed by atoms with Crippen molar-refractivity contribution in [2.24, 2.45) is 0 Å². The van der Waals surface area contributed by atoms with E-state index in [2.05, 4.69) is 0 Å². The van der Waals surface area contributed by atoms with Crippen LogP contribution in [0.5, 0.6) is 0 Å². The van der Waals surface area contributed by atoms with E-state index in [0.29, 0.717) is 6.42 Å². The van der Waals surface area contributed by atoms with Gasteiger partial charge in [-0.15, -0.1) is 0 Å². The SMILES string of the molecule is CC[C@H]1O[C@@H](n2ccc(=O)[nH]c2=O)[C@@H](F)C1O. The molecule has 94 valence electrons. The van der Waals surface area contributed by atoms with E-state index in [1.54, 1.807) is 6.92 Å². The number of H-pyrrole nitrogens is 1. The molecule has 2 N–H and O–H groups in total. The number of aromatic nitrogens is 2. The van der Waals surface area contributed by atoms with Crippen LogP contribution < -0.4 is 11.2 Å². The summed E-state index contributed by atoms with van der Waals surface area (Å²) in [4.78, 5) is 24.3. The number of ether oxygens (including phenoxy) is 1. The van der Waals surface area contributed by atoms with E-state index < -0.39 is 35.9 Å². The van der Waals surface area contributed by atoms with Crippen LogP contribution in [-0.4, -0.2) is 33.0 Å². The van der Waals surface area contributed by atoms with Gasteiger partial charge in [-0.2, -0.15) is 0 Å². The van der Waals surface area contributed by atoms with Gasteiger partial charge < -0.3 is 9.84 Å². The molecule has 0 aromatic carbocycles. The summed E-state index contributed by atoms with van der Waals surface area (Å²) in [5, 5.41) is 9.55. The lowest BCUT2D eigenvalue weighted by molar-refractivity contribution is -0.0280. The van der Waals surface area contributed by atoms with Crippen LogP contribution in [-0.2, 0) is 4.74 Å². The number of hydrogen-bond acceptors (Lipinski definition) is 4. The molecule has 0 spiro atoms. The van der Waals surface area contributed by atoms with Gasteiger partial charge in [0.15, 0.2) is 12.4 Å². The van der Waals surface area contributed by atoms with Crippen molar-refractivity contribution in [1.29, 1.82) is 0 Å². The topological polar surface area (TPSA) is 84.3 Å². The third kappa shape index (κ3) is 2.03. The molecule has 1 aliphatic rings. The second kappa shape index (κ2) is 4.42. The number of nitrogens with zero attached hydrogens (tertiary/aromatic N) is 1. The van der Waals surface area contributed by atoms with Crippen LogP contribution in [0.25, 0.3) is 0 Å². The number of alkyl halides is 1. The molecule has 0 amide bonds. The van der Waals surface area contributed by atoms with E-state index >= 15 is 0 Å². The Morgan fingerprint density at radius 2 is 2.29 bits per heavy atom. The van der Waals surface area contributed by atoms with Crippen molar-refractivity contribution in [1.82, 2.24) is 9.55 Å². The minimum Gasteiger partial charge on any atom is -0.387 e. The Hall–Kier alpha value is -1.47. The molecule has 0 radical (unpaired) electrons. The molecule has 2 rings (SSSR count). The summed E-state index contributed by atoms with van der Waals surface area (Å²) in [5.74, 6) is 0. The molecule has 0 saturated carbocycles. The zero-order valence-corrected chi connectivity index (χ0v) is 9.17. The van der Waals surface area contributed by atoms with Gasteiger partial charge in [-0.1, -0.05) is 6.92 Å². The molecule has 2 heterocycles. The van der Waals surface area contributed by atoms with Crippen LogP contribution in [0.3, 0.4) is 0 Å². The van der Waals surface area contributed by atoms with Crippen molar-refractivity contribution < 1.29 is 14.2 Å². The van der Waals surface area contributed by atoms with Gasteiger partial charge in [0.2, 0.25) is 0 Å². The highest BCUT2D eigenvalue weighted by Gasteiger charge is 2.44. The maximum atomic E-state index is 13.8. The normalized spacial score (nSPS) is 32.9. The van der Waals surface area contributed by atoms with Crippen LogP contribution >= 0.6 is 0 Å². The fourth-order valence-corrected chi connectivity index (χ4v) is 1.89.